The highest BCUT2D eigenvalue weighted by Crippen LogP contribution is 2.38. The molecule has 1 aromatic heterocycles. The average molecular weight is 566 g/mol. The Morgan fingerprint density at radius 2 is 1.95 bits per heavy atom. The van der Waals surface area contributed by atoms with E-state index >= 15 is 0 Å². The van der Waals surface area contributed by atoms with Crippen LogP contribution in [-0.2, 0) is 9.59 Å². The second-order valence-electron chi connectivity index (χ2n) is 9.08. The molecule has 0 spiro atoms. The van der Waals surface area contributed by atoms with E-state index in [-0.39, 0.29) is 28.4 Å². The zero-order valence-corrected chi connectivity index (χ0v) is 23.6. The predicted molar refractivity (Wildman–Crippen MR) is 157 cm³/mol. The number of anilines is 2. The van der Waals surface area contributed by atoms with E-state index in [0.29, 0.717) is 56.0 Å². The lowest BCUT2D eigenvalue weighted by molar-refractivity contribution is -0.109. The summed E-state index contributed by atoms with van der Waals surface area (Å²) in [6, 6.07) is 14.8. The second-order valence-corrected chi connectivity index (χ2v) is 9.49. The fourth-order valence-electron chi connectivity index (χ4n) is 4.20. The van der Waals surface area contributed by atoms with Crippen molar-refractivity contribution in [3.8, 4) is 11.6 Å². The van der Waals surface area contributed by atoms with Crippen LogP contribution in [0.4, 0.5) is 15.9 Å². The van der Waals surface area contributed by atoms with Crippen LogP contribution in [0.1, 0.15) is 37.3 Å². The van der Waals surface area contributed by atoms with E-state index < -0.39 is 5.82 Å². The van der Waals surface area contributed by atoms with Crippen LogP contribution >= 0.6 is 11.6 Å². The molecule has 2 amide bonds. The van der Waals surface area contributed by atoms with Crippen LogP contribution in [0.3, 0.4) is 0 Å². The van der Waals surface area contributed by atoms with Crippen LogP contribution < -0.4 is 15.0 Å². The molecule has 3 aromatic rings. The molecule has 0 saturated heterocycles. The summed E-state index contributed by atoms with van der Waals surface area (Å²) in [5, 5.41) is 2.81. The average Bonchev–Trinajstić information content (AvgIpc) is 2.94. The predicted octanol–water partition coefficient (Wildman–Crippen LogP) is 6.08. The molecule has 0 fully saturated rings. The van der Waals surface area contributed by atoms with Crippen molar-refractivity contribution in [3.63, 3.8) is 0 Å². The first-order valence-corrected chi connectivity index (χ1v) is 13.2. The number of amidine groups is 1. The van der Waals surface area contributed by atoms with Crippen molar-refractivity contribution in [2.75, 3.05) is 31.6 Å². The van der Waals surface area contributed by atoms with E-state index in [0.717, 1.165) is 5.56 Å². The number of aromatic nitrogens is 1. The molecule has 40 heavy (non-hydrogen) atoms. The summed E-state index contributed by atoms with van der Waals surface area (Å²) in [6.07, 6.45) is 3.74. The second kappa shape index (κ2) is 14.8. The standard InChI is InChI=1S/C30H33ClFN5O3/c1-5-6-15-36(16-14-34-19-38)28(33-4)25-18-26(31)30(40-23-11-9-10-22(32)17-23)35-29(25)37(20-39)27-13-8-7-12-24(27)21(2)3/h5,7-13,17-21H,1,6,14-16H2,2-4H3,(H,34,38). The highest BCUT2D eigenvalue weighted by Gasteiger charge is 2.26. The number of ether oxygens (including phenoxy) is 1. The number of rotatable bonds is 14. The van der Waals surface area contributed by atoms with Gasteiger partial charge >= 0.3 is 0 Å². The van der Waals surface area contributed by atoms with Crippen molar-refractivity contribution in [2.45, 2.75) is 26.2 Å². The van der Waals surface area contributed by atoms with Crippen LogP contribution in [0.25, 0.3) is 0 Å². The zero-order valence-electron chi connectivity index (χ0n) is 22.8. The number of carbonyl (C=O) groups excluding carboxylic acids is 2. The summed E-state index contributed by atoms with van der Waals surface area (Å²) in [4.78, 5) is 36.3. The summed E-state index contributed by atoms with van der Waals surface area (Å²) >= 11 is 6.67. The minimum atomic E-state index is -0.479. The summed E-state index contributed by atoms with van der Waals surface area (Å²) < 4.78 is 19.7. The molecular formula is C30H33ClFN5O3. The number of pyridine rings is 1. The third-order valence-electron chi connectivity index (χ3n) is 6.05. The number of aliphatic imine (C=N–C) groups is 1. The summed E-state index contributed by atoms with van der Waals surface area (Å²) in [6.45, 7) is 9.22. The van der Waals surface area contributed by atoms with Crippen molar-refractivity contribution in [1.82, 2.24) is 15.2 Å². The Labute approximate surface area is 239 Å². The van der Waals surface area contributed by atoms with E-state index in [1.807, 2.05) is 43.0 Å². The molecule has 0 unspecified atom stereocenters. The summed E-state index contributed by atoms with van der Waals surface area (Å²) in [5.41, 5.74) is 2.04. The molecule has 0 radical (unpaired) electrons. The number of benzene rings is 2. The molecule has 0 atom stereocenters. The molecule has 0 aliphatic heterocycles. The van der Waals surface area contributed by atoms with Crippen LogP contribution in [0.2, 0.25) is 5.02 Å². The van der Waals surface area contributed by atoms with Crippen molar-refractivity contribution in [1.29, 1.82) is 0 Å². The van der Waals surface area contributed by atoms with E-state index in [1.165, 1.54) is 23.1 Å². The van der Waals surface area contributed by atoms with Gasteiger partial charge in [-0.15, -0.1) is 6.58 Å². The molecule has 3 rings (SSSR count). The van der Waals surface area contributed by atoms with Gasteiger partial charge in [0, 0.05) is 32.7 Å². The van der Waals surface area contributed by atoms with Gasteiger partial charge in [0.2, 0.25) is 18.7 Å². The molecule has 0 saturated carbocycles. The Kier molecular flexibility index (Phi) is 11.2. The van der Waals surface area contributed by atoms with E-state index in [9.17, 15) is 14.0 Å². The molecule has 1 N–H and O–H groups in total. The van der Waals surface area contributed by atoms with Crippen molar-refractivity contribution in [3.05, 3.63) is 89.2 Å². The summed E-state index contributed by atoms with van der Waals surface area (Å²) in [5.74, 6) is 0.556. The van der Waals surface area contributed by atoms with Crippen LogP contribution in [0.5, 0.6) is 11.6 Å². The minimum Gasteiger partial charge on any atom is -0.437 e. The third kappa shape index (κ3) is 7.45. The Balaban J connectivity index is 2.24. The van der Waals surface area contributed by atoms with Gasteiger partial charge in [-0.25, -0.2) is 4.39 Å². The first-order valence-electron chi connectivity index (χ1n) is 12.8. The summed E-state index contributed by atoms with van der Waals surface area (Å²) in [7, 11) is 1.63. The monoisotopic (exact) mass is 565 g/mol. The van der Waals surface area contributed by atoms with Crippen LogP contribution in [-0.4, -0.2) is 55.2 Å². The number of halogens is 2. The van der Waals surface area contributed by atoms with Crippen molar-refractivity contribution in [2.24, 2.45) is 4.99 Å². The maximum Gasteiger partial charge on any atom is 0.240 e. The lowest BCUT2D eigenvalue weighted by Crippen LogP contribution is -2.38. The fourth-order valence-corrected chi connectivity index (χ4v) is 4.39. The zero-order chi connectivity index (χ0) is 29.1. The SMILES string of the molecule is C=CCCN(CCNC=O)C(=NC)c1cc(Cl)c(Oc2cccc(F)c2)nc1N(C=O)c1ccccc1C(C)C. The largest absolute Gasteiger partial charge is 0.437 e. The topological polar surface area (TPSA) is 87.1 Å². The lowest BCUT2D eigenvalue weighted by atomic mass is 10.0. The highest BCUT2D eigenvalue weighted by atomic mass is 35.5. The minimum absolute atomic E-state index is 0.00406. The van der Waals surface area contributed by atoms with Gasteiger partial charge in [-0.05, 0) is 42.2 Å². The molecule has 8 nitrogen and oxygen atoms in total. The first kappa shape index (κ1) is 30.3. The van der Waals surface area contributed by atoms with E-state index in [2.05, 4.69) is 16.9 Å². The number of amides is 2. The van der Waals surface area contributed by atoms with E-state index in [1.54, 1.807) is 25.3 Å². The highest BCUT2D eigenvalue weighted by molar-refractivity contribution is 6.32. The molecule has 1 heterocycles. The van der Waals surface area contributed by atoms with Gasteiger partial charge in [0.05, 0.1) is 11.3 Å². The van der Waals surface area contributed by atoms with Gasteiger partial charge in [-0.1, -0.05) is 55.8 Å². The normalized spacial score (nSPS) is 11.2. The number of nitrogens with zero attached hydrogens (tertiary/aromatic N) is 4. The number of nitrogens with one attached hydrogen (secondary N) is 1. The van der Waals surface area contributed by atoms with Gasteiger partial charge in [-0.2, -0.15) is 4.98 Å². The smallest absolute Gasteiger partial charge is 0.240 e. The van der Waals surface area contributed by atoms with Gasteiger partial charge in [0.1, 0.15) is 22.4 Å². The number of hydrogen-bond acceptors (Lipinski definition) is 5. The maximum atomic E-state index is 13.9. The Morgan fingerprint density at radius 3 is 2.60 bits per heavy atom. The quantitative estimate of drug-likeness (QED) is 0.0841. The molecule has 10 heteroatoms. The van der Waals surface area contributed by atoms with Gasteiger partial charge in [-0.3, -0.25) is 19.5 Å². The van der Waals surface area contributed by atoms with Crippen LogP contribution in [0.15, 0.2) is 72.2 Å². The maximum absolute atomic E-state index is 13.9. The van der Waals surface area contributed by atoms with Crippen molar-refractivity contribution < 1.29 is 18.7 Å². The number of para-hydroxylation sites is 1. The Morgan fingerprint density at radius 1 is 1.18 bits per heavy atom. The molecule has 0 aliphatic carbocycles. The lowest BCUT2D eigenvalue weighted by Gasteiger charge is -2.29. The fraction of sp³-hybridized carbons (Fsp3) is 0.267. The molecule has 0 aliphatic rings. The van der Waals surface area contributed by atoms with Gasteiger partial charge in [0.15, 0.2) is 5.82 Å². The third-order valence-corrected chi connectivity index (χ3v) is 6.32. The number of carbonyl (C=O) groups is 2. The Bertz CT molecular complexity index is 1360. The molecule has 0 bridgehead atoms. The van der Waals surface area contributed by atoms with Crippen molar-refractivity contribution >= 4 is 41.8 Å². The van der Waals surface area contributed by atoms with Crippen LogP contribution in [0, 0.1) is 5.82 Å². The van der Waals surface area contributed by atoms with Gasteiger partial charge in [0.25, 0.3) is 0 Å². The molecule has 210 valence electrons. The van der Waals surface area contributed by atoms with E-state index in [4.69, 9.17) is 21.3 Å². The number of hydrogen-bond donors (Lipinski definition) is 1. The van der Waals surface area contributed by atoms with Gasteiger partial charge < -0.3 is 15.0 Å². The molecular weight excluding hydrogens is 533 g/mol. The first-order chi connectivity index (χ1) is 19.3. The Hall–Kier alpha value is -4.24. The molecule has 2 aromatic carbocycles.